The first kappa shape index (κ1) is 19.3. The minimum atomic E-state index is 0.113. The van der Waals surface area contributed by atoms with Crippen molar-refractivity contribution in [1.29, 1.82) is 0 Å². The number of rotatable bonds is 6. The molecule has 1 saturated heterocycles. The van der Waals surface area contributed by atoms with Gasteiger partial charge in [0.2, 0.25) is 5.76 Å². The van der Waals surface area contributed by atoms with Crippen LogP contribution in [0.4, 0.5) is 0 Å². The second kappa shape index (κ2) is 9.43. The standard InChI is InChI=1S/C18H20ClN3O2S2/c19-15-5-4-14(26-15)17(23)16(22-7-2-1-3-8-22)18(25)20-6-9-21-10-12-24-13-11-21/h1-5,7-8H,6,9-13H2,(H-,20,23,25)/p+1. The maximum atomic E-state index is 10.8. The second-order valence-electron chi connectivity index (χ2n) is 5.79. The van der Waals surface area contributed by atoms with Gasteiger partial charge in [0.25, 0.3) is 5.70 Å². The maximum Gasteiger partial charge on any atom is 0.288 e. The highest BCUT2D eigenvalue weighted by Gasteiger charge is 2.24. The Bertz CT molecular complexity index is 774. The zero-order valence-corrected chi connectivity index (χ0v) is 16.6. The van der Waals surface area contributed by atoms with Crippen molar-refractivity contribution in [3.05, 3.63) is 51.9 Å². The first-order chi connectivity index (χ1) is 12.6. The molecule has 0 aromatic carbocycles. The normalized spacial score (nSPS) is 16.2. The fourth-order valence-electron chi connectivity index (χ4n) is 2.69. The number of aliphatic hydroxyl groups excluding tert-OH is 1. The van der Waals surface area contributed by atoms with Crippen LogP contribution in [-0.4, -0.2) is 54.4 Å². The predicted molar refractivity (Wildman–Crippen MR) is 110 cm³/mol. The number of halogens is 1. The van der Waals surface area contributed by atoms with E-state index in [1.807, 2.05) is 35.2 Å². The van der Waals surface area contributed by atoms with Crippen LogP contribution in [0.1, 0.15) is 4.88 Å². The van der Waals surface area contributed by atoms with E-state index >= 15 is 0 Å². The van der Waals surface area contributed by atoms with E-state index < -0.39 is 0 Å². The summed E-state index contributed by atoms with van der Waals surface area (Å²) in [6.45, 7) is 4.99. The summed E-state index contributed by atoms with van der Waals surface area (Å²) in [7, 11) is 0. The van der Waals surface area contributed by atoms with Crippen molar-refractivity contribution in [2.24, 2.45) is 0 Å². The van der Waals surface area contributed by atoms with E-state index in [0.717, 1.165) is 32.8 Å². The van der Waals surface area contributed by atoms with Crippen LogP contribution in [0.3, 0.4) is 0 Å². The monoisotopic (exact) mass is 410 g/mol. The van der Waals surface area contributed by atoms with Gasteiger partial charge in [-0.3, -0.25) is 4.90 Å². The number of hydrogen-bond donors (Lipinski definition) is 2. The molecule has 0 bridgehead atoms. The molecule has 0 aliphatic carbocycles. The summed E-state index contributed by atoms with van der Waals surface area (Å²) >= 11 is 12.9. The van der Waals surface area contributed by atoms with Crippen molar-refractivity contribution < 1.29 is 14.4 Å². The third-order valence-electron chi connectivity index (χ3n) is 4.04. The van der Waals surface area contributed by atoms with Crippen LogP contribution in [0.2, 0.25) is 4.34 Å². The molecule has 138 valence electrons. The molecule has 3 rings (SSSR count). The van der Waals surface area contributed by atoms with Crippen LogP contribution >= 0.6 is 35.2 Å². The van der Waals surface area contributed by atoms with Crippen molar-refractivity contribution in [3.63, 3.8) is 0 Å². The zero-order chi connectivity index (χ0) is 18.4. The van der Waals surface area contributed by atoms with Crippen molar-refractivity contribution in [2.75, 3.05) is 39.4 Å². The van der Waals surface area contributed by atoms with Gasteiger partial charge in [-0.05, 0) is 12.1 Å². The predicted octanol–water partition coefficient (Wildman–Crippen LogP) is 2.82. The summed E-state index contributed by atoms with van der Waals surface area (Å²) in [5.74, 6) is 0.113. The van der Waals surface area contributed by atoms with Crippen LogP contribution in [0.25, 0.3) is 11.5 Å². The van der Waals surface area contributed by atoms with E-state index in [9.17, 15) is 5.11 Å². The van der Waals surface area contributed by atoms with Gasteiger partial charge in [-0.15, -0.1) is 11.3 Å². The highest BCUT2D eigenvalue weighted by Crippen LogP contribution is 2.28. The SMILES string of the molecule is O/C(=C(\C(=S)NCCN1CCOCC1)[n+]1ccccc1)c1ccc(Cl)s1. The Morgan fingerprint density at radius 3 is 2.65 bits per heavy atom. The minimum absolute atomic E-state index is 0.113. The lowest BCUT2D eigenvalue weighted by Crippen LogP contribution is -2.44. The smallest absolute Gasteiger partial charge is 0.288 e. The first-order valence-electron chi connectivity index (χ1n) is 8.39. The summed E-state index contributed by atoms with van der Waals surface area (Å²) in [5.41, 5.74) is 0.543. The molecule has 0 radical (unpaired) electrons. The zero-order valence-electron chi connectivity index (χ0n) is 14.2. The molecule has 1 fully saturated rings. The van der Waals surface area contributed by atoms with Gasteiger partial charge in [-0.1, -0.05) is 29.9 Å². The molecule has 1 aliphatic rings. The number of thiocarbonyl (C=S) groups is 1. The quantitative estimate of drug-likeness (QED) is 0.332. The summed E-state index contributed by atoms with van der Waals surface area (Å²) in [4.78, 5) is 3.51. The van der Waals surface area contributed by atoms with E-state index in [1.165, 1.54) is 11.3 Å². The van der Waals surface area contributed by atoms with Crippen LogP contribution in [0.5, 0.6) is 0 Å². The fraction of sp³-hybridized carbons (Fsp3) is 0.333. The third-order valence-corrected chi connectivity index (χ3v) is 5.61. The molecule has 1 aliphatic heterocycles. The number of nitrogens with one attached hydrogen (secondary N) is 1. The molecule has 26 heavy (non-hydrogen) atoms. The van der Waals surface area contributed by atoms with E-state index in [0.29, 0.717) is 26.4 Å². The first-order valence-corrected chi connectivity index (χ1v) is 9.99. The van der Waals surface area contributed by atoms with Crippen LogP contribution in [0, 0.1) is 0 Å². The Hall–Kier alpha value is -1.51. The third kappa shape index (κ3) is 5.02. The van der Waals surface area contributed by atoms with E-state index in [-0.39, 0.29) is 5.76 Å². The summed E-state index contributed by atoms with van der Waals surface area (Å²) < 4.78 is 7.80. The van der Waals surface area contributed by atoms with Crippen molar-refractivity contribution in [1.82, 2.24) is 10.2 Å². The number of hydrogen-bond acceptors (Lipinski definition) is 5. The highest BCUT2D eigenvalue weighted by atomic mass is 35.5. The van der Waals surface area contributed by atoms with Crippen molar-refractivity contribution in [2.45, 2.75) is 0 Å². The average molecular weight is 411 g/mol. The molecule has 0 atom stereocenters. The number of aromatic nitrogens is 1. The van der Waals surface area contributed by atoms with Crippen LogP contribution < -0.4 is 9.88 Å². The van der Waals surface area contributed by atoms with Gasteiger partial charge >= 0.3 is 0 Å². The molecule has 0 saturated carbocycles. The van der Waals surface area contributed by atoms with E-state index in [4.69, 9.17) is 28.6 Å². The molecule has 0 spiro atoms. The Labute approximate surface area is 167 Å². The van der Waals surface area contributed by atoms with Gasteiger partial charge in [-0.2, -0.15) is 4.57 Å². The lowest BCUT2D eigenvalue weighted by Gasteiger charge is -2.26. The molecule has 8 heteroatoms. The number of thiophene rings is 1. The lowest BCUT2D eigenvalue weighted by molar-refractivity contribution is -0.576. The molecule has 0 unspecified atom stereocenters. The fourth-order valence-corrected chi connectivity index (χ4v) is 3.98. The number of aliphatic hydroxyl groups is 1. The molecule has 3 heterocycles. The number of pyridine rings is 1. The molecular formula is C18H21ClN3O2S2+. The summed E-state index contributed by atoms with van der Waals surface area (Å²) in [6.07, 6.45) is 3.72. The summed E-state index contributed by atoms with van der Waals surface area (Å²) in [5, 5.41) is 14.1. The molecule has 0 amide bonds. The summed E-state index contributed by atoms with van der Waals surface area (Å²) in [6, 6.07) is 9.26. The number of nitrogens with zero attached hydrogens (tertiary/aromatic N) is 2. The maximum absolute atomic E-state index is 10.8. The Balaban J connectivity index is 1.76. The highest BCUT2D eigenvalue weighted by molar-refractivity contribution is 7.81. The molecule has 2 N–H and O–H groups in total. The Morgan fingerprint density at radius 1 is 1.27 bits per heavy atom. The van der Waals surface area contributed by atoms with Gasteiger partial charge < -0.3 is 15.2 Å². The topological polar surface area (TPSA) is 48.6 Å². The van der Waals surface area contributed by atoms with Gasteiger partial charge in [-0.25, -0.2) is 0 Å². The van der Waals surface area contributed by atoms with Crippen LogP contribution in [0.15, 0.2) is 42.7 Å². The van der Waals surface area contributed by atoms with Gasteiger partial charge in [0.15, 0.2) is 17.4 Å². The Kier molecular flexibility index (Phi) is 6.99. The van der Waals surface area contributed by atoms with Gasteiger partial charge in [0, 0.05) is 38.3 Å². The van der Waals surface area contributed by atoms with E-state index in [2.05, 4.69) is 10.2 Å². The van der Waals surface area contributed by atoms with E-state index in [1.54, 1.807) is 12.1 Å². The van der Waals surface area contributed by atoms with Gasteiger partial charge in [0.05, 0.1) is 22.4 Å². The molecular weight excluding hydrogens is 390 g/mol. The van der Waals surface area contributed by atoms with Crippen molar-refractivity contribution >= 4 is 51.6 Å². The molecule has 2 aromatic rings. The minimum Gasteiger partial charge on any atom is -0.501 e. The van der Waals surface area contributed by atoms with Crippen LogP contribution in [-0.2, 0) is 4.74 Å². The Morgan fingerprint density at radius 2 is 2.00 bits per heavy atom. The van der Waals surface area contributed by atoms with Gasteiger partial charge in [0.1, 0.15) is 0 Å². The lowest BCUT2D eigenvalue weighted by atomic mass is 10.2. The second-order valence-corrected chi connectivity index (χ2v) is 7.92. The number of morpholine rings is 1. The van der Waals surface area contributed by atoms with Crippen molar-refractivity contribution in [3.8, 4) is 0 Å². The largest absolute Gasteiger partial charge is 0.501 e. The average Bonchev–Trinajstić information content (AvgIpc) is 3.10. The molecule has 5 nitrogen and oxygen atoms in total. The molecule has 2 aromatic heterocycles. The number of ether oxygens (including phenoxy) is 1.